The minimum absolute atomic E-state index is 0.154. The summed E-state index contributed by atoms with van der Waals surface area (Å²) < 4.78 is 14.4. The monoisotopic (exact) mass is 162 g/mol. The summed E-state index contributed by atoms with van der Waals surface area (Å²) in [7, 11) is -2.88. The molecule has 0 bridgehead atoms. The first-order chi connectivity index (χ1) is 4.59. The van der Waals surface area contributed by atoms with Crippen LogP contribution in [0, 0.1) is 0 Å². The van der Waals surface area contributed by atoms with Crippen molar-refractivity contribution >= 4 is 14.0 Å². The van der Waals surface area contributed by atoms with Crippen molar-refractivity contribution in [2.75, 3.05) is 6.61 Å². The smallest absolute Gasteiger partial charge is 0.384 e. The molecule has 0 aliphatic rings. The zero-order chi connectivity index (χ0) is 8.15. The van der Waals surface area contributed by atoms with Crippen LogP contribution in [0.15, 0.2) is 11.9 Å². The molecular formula is C5H7O4P. The van der Waals surface area contributed by atoms with Gasteiger partial charge < -0.3 is 9.63 Å². The summed E-state index contributed by atoms with van der Waals surface area (Å²) >= 11 is 0. The summed E-state index contributed by atoms with van der Waals surface area (Å²) in [6.07, 6.45) is 0. The molecule has 0 N–H and O–H groups in total. The van der Waals surface area contributed by atoms with Crippen LogP contribution in [-0.4, -0.2) is 12.6 Å². The highest BCUT2D eigenvalue weighted by Crippen LogP contribution is 2.20. The Morgan fingerprint density at radius 2 is 2.30 bits per heavy atom. The molecular weight excluding hydrogens is 155 g/mol. The van der Waals surface area contributed by atoms with E-state index in [0.717, 1.165) is 0 Å². The van der Waals surface area contributed by atoms with E-state index < -0.39 is 19.3 Å². The number of hydrogen-bond acceptors (Lipinski definition) is 4. The maximum absolute atomic E-state index is 10.5. The van der Waals surface area contributed by atoms with E-state index >= 15 is 0 Å². The second-order valence-electron chi connectivity index (χ2n) is 1.42. The lowest BCUT2D eigenvalue weighted by Gasteiger charge is -1.95. The third kappa shape index (κ3) is 2.71. The molecule has 0 saturated carbocycles. The highest BCUT2D eigenvalue weighted by atomic mass is 31.1. The van der Waals surface area contributed by atoms with Crippen molar-refractivity contribution in [3.63, 3.8) is 0 Å². The van der Waals surface area contributed by atoms with Crippen molar-refractivity contribution < 1.29 is 19.0 Å². The SMILES string of the molecule is C=C(C(=O)OCC)[P+](=O)[O-]. The maximum atomic E-state index is 10.5. The molecule has 0 radical (unpaired) electrons. The van der Waals surface area contributed by atoms with E-state index in [1.54, 1.807) is 6.92 Å². The van der Waals surface area contributed by atoms with Crippen LogP contribution in [0.1, 0.15) is 6.92 Å². The Hall–Kier alpha value is -0.730. The summed E-state index contributed by atoms with van der Waals surface area (Å²) in [4.78, 5) is 20.5. The predicted octanol–water partition coefficient (Wildman–Crippen LogP) is 0.166. The lowest BCUT2D eigenvalue weighted by atomic mass is 10.6. The van der Waals surface area contributed by atoms with E-state index in [4.69, 9.17) is 0 Å². The van der Waals surface area contributed by atoms with Gasteiger partial charge in [0.05, 0.1) is 6.61 Å². The standard InChI is InChI=1S/C5H7O4P/c1-3-9-5(6)4(2)10(7)8/h2-3H2,1H3. The van der Waals surface area contributed by atoms with E-state index in [1.807, 2.05) is 0 Å². The minimum Gasteiger partial charge on any atom is -0.591 e. The van der Waals surface area contributed by atoms with Gasteiger partial charge in [0.1, 0.15) is 0 Å². The molecule has 4 nitrogen and oxygen atoms in total. The van der Waals surface area contributed by atoms with E-state index in [0.29, 0.717) is 0 Å². The van der Waals surface area contributed by atoms with Gasteiger partial charge in [-0.05, 0) is 13.5 Å². The number of ether oxygens (including phenoxy) is 1. The van der Waals surface area contributed by atoms with Crippen LogP contribution in [0.2, 0.25) is 0 Å². The number of esters is 1. The minimum atomic E-state index is -2.88. The Kier molecular flexibility index (Phi) is 3.84. The quantitative estimate of drug-likeness (QED) is 0.337. The van der Waals surface area contributed by atoms with Gasteiger partial charge >= 0.3 is 14.0 Å². The van der Waals surface area contributed by atoms with Gasteiger partial charge in [-0.1, -0.05) is 4.57 Å². The van der Waals surface area contributed by atoms with Crippen molar-refractivity contribution in [2.24, 2.45) is 0 Å². The molecule has 5 heteroatoms. The summed E-state index contributed by atoms with van der Waals surface area (Å²) in [5.74, 6) is -0.876. The van der Waals surface area contributed by atoms with Crippen molar-refractivity contribution in [3.8, 4) is 0 Å². The molecule has 0 aromatic heterocycles. The molecule has 0 aromatic rings. The molecule has 1 atom stereocenters. The van der Waals surface area contributed by atoms with Crippen molar-refractivity contribution in [1.82, 2.24) is 0 Å². The fraction of sp³-hybridized carbons (Fsp3) is 0.400. The first-order valence-corrected chi connectivity index (χ1v) is 3.77. The van der Waals surface area contributed by atoms with Gasteiger partial charge in [-0.15, -0.1) is 0 Å². The first kappa shape index (κ1) is 9.27. The van der Waals surface area contributed by atoms with Gasteiger partial charge in [-0.25, -0.2) is 4.79 Å². The third-order valence-electron chi connectivity index (χ3n) is 0.731. The molecule has 0 saturated heterocycles. The second-order valence-corrected chi connectivity index (χ2v) is 2.48. The predicted molar refractivity (Wildman–Crippen MR) is 33.4 cm³/mol. The molecule has 0 spiro atoms. The van der Waals surface area contributed by atoms with Crippen LogP contribution in [-0.2, 0) is 14.1 Å². The van der Waals surface area contributed by atoms with Gasteiger partial charge in [-0.2, -0.15) is 0 Å². The van der Waals surface area contributed by atoms with Crippen molar-refractivity contribution in [2.45, 2.75) is 6.92 Å². The Bertz CT molecular complexity index is 174. The van der Waals surface area contributed by atoms with Crippen LogP contribution in [0.4, 0.5) is 0 Å². The topological polar surface area (TPSA) is 66.4 Å². The number of hydrogen-bond donors (Lipinski definition) is 0. The summed E-state index contributed by atoms with van der Waals surface area (Å²) in [6, 6.07) is 0. The number of rotatable bonds is 3. The van der Waals surface area contributed by atoms with E-state index in [9.17, 15) is 14.3 Å². The highest BCUT2D eigenvalue weighted by Gasteiger charge is 2.19. The summed E-state index contributed by atoms with van der Waals surface area (Å²) in [5.41, 5.74) is 0. The molecule has 10 heavy (non-hydrogen) atoms. The van der Waals surface area contributed by atoms with E-state index in [1.165, 1.54) is 0 Å². The van der Waals surface area contributed by atoms with Crippen LogP contribution in [0.5, 0.6) is 0 Å². The molecule has 0 amide bonds. The maximum Gasteiger partial charge on any atom is 0.384 e. The average Bonchev–Trinajstić information content (AvgIpc) is 1.87. The molecule has 0 heterocycles. The average molecular weight is 162 g/mol. The summed E-state index contributed by atoms with van der Waals surface area (Å²) in [6.45, 7) is 4.74. The molecule has 0 fully saturated rings. The summed E-state index contributed by atoms with van der Waals surface area (Å²) in [5, 5.41) is -0.503. The van der Waals surface area contributed by atoms with Gasteiger partial charge in [-0.3, -0.25) is 0 Å². The zero-order valence-corrected chi connectivity index (χ0v) is 6.39. The van der Waals surface area contributed by atoms with Crippen LogP contribution >= 0.6 is 8.03 Å². The van der Waals surface area contributed by atoms with Gasteiger partial charge in [0.2, 0.25) is 0 Å². The Balaban J connectivity index is 3.96. The van der Waals surface area contributed by atoms with Crippen LogP contribution in [0.3, 0.4) is 0 Å². The molecule has 0 aliphatic carbocycles. The Morgan fingerprint density at radius 1 is 1.80 bits per heavy atom. The molecule has 0 rings (SSSR count). The lowest BCUT2D eigenvalue weighted by Crippen LogP contribution is -2.06. The van der Waals surface area contributed by atoms with E-state index in [2.05, 4.69) is 11.3 Å². The number of carbonyl (C=O) groups is 1. The van der Waals surface area contributed by atoms with Crippen LogP contribution in [0.25, 0.3) is 0 Å². The second kappa shape index (κ2) is 4.14. The van der Waals surface area contributed by atoms with Gasteiger partial charge in [0, 0.05) is 0 Å². The zero-order valence-electron chi connectivity index (χ0n) is 5.49. The third-order valence-corrected chi connectivity index (χ3v) is 1.35. The van der Waals surface area contributed by atoms with Crippen molar-refractivity contribution in [1.29, 1.82) is 0 Å². The fourth-order valence-electron chi connectivity index (χ4n) is 0.289. The van der Waals surface area contributed by atoms with Crippen molar-refractivity contribution in [3.05, 3.63) is 11.9 Å². The molecule has 1 unspecified atom stereocenters. The van der Waals surface area contributed by atoms with Crippen LogP contribution < -0.4 is 4.89 Å². The highest BCUT2D eigenvalue weighted by molar-refractivity contribution is 7.43. The largest absolute Gasteiger partial charge is 0.591 e. The van der Waals surface area contributed by atoms with Gasteiger partial charge in [0.25, 0.3) is 5.31 Å². The Morgan fingerprint density at radius 3 is 2.60 bits per heavy atom. The Labute approximate surface area is 59.4 Å². The molecule has 0 aliphatic heterocycles. The fourth-order valence-corrected chi connectivity index (χ4v) is 0.503. The lowest BCUT2D eigenvalue weighted by molar-refractivity contribution is -0.163. The molecule has 56 valence electrons. The normalized spacial score (nSPS) is 10.4. The van der Waals surface area contributed by atoms with Gasteiger partial charge in [0.15, 0.2) is 0 Å². The molecule has 0 aromatic carbocycles. The number of carbonyl (C=O) groups excluding carboxylic acids is 1. The first-order valence-electron chi connectivity index (χ1n) is 2.60. The van der Waals surface area contributed by atoms with E-state index in [-0.39, 0.29) is 6.61 Å².